The summed E-state index contributed by atoms with van der Waals surface area (Å²) < 4.78 is 27.8. The fraction of sp³-hybridized carbons (Fsp3) is 0.0526. The van der Waals surface area contributed by atoms with E-state index >= 15 is 0 Å². The van der Waals surface area contributed by atoms with Crippen LogP contribution < -0.4 is 0 Å². The average molecular weight is 347 g/mol. The molecule has 3 aromatic carbocycles. The third-order valence-electron chi connectivity index (χ3n) is 3.90. The van der Waals surface area contributed by atoms with Gasteiger partial charge in [-0.15, -0.1) is 9.24 Å². The fourth-order valence-corrected chi connectivity index (χ4v) is 3.43. The standard InChI is InChI=1S/C19H14ClF2P/c20-15-9-5-13(6-10-15)19(23,14-7-11-16(21)12-8-14)17-3-1-2-4-18(17)22/h1-12H,23H2. The predicted octanol–water partition coefficient (Wildman–Crippen LogP) is 5.79. The summed E-state index contributed by atoms with van der Waals surface area (Å²) in [5.41, 5.74) is 2.12. The molecule has 2 unspecified atom stereocenters. The largest absolute Gasteiger partial charge is 0.207 e. The highest BCUT2D eigenvalue weighted by Crippen LogP contribution is 2.46. The summed E-state index contributed by atoms with van der Waals surface area (Å²) in [4.78, 5) is 0. The predicted molar refractivity (Wildman–Crippen MR) is 93.8 cm³/mol. The van der Waals surface area contributed by atoms with Gasteiger partial charge in [0.15, 0.2) is 0 Å². The summed E-state index contributed by atoms with van der Waals surface area (Å²) in [6.45, 7) is 0. The van der Waals surface area contributed by atoms with Crippen molar-refractivity contribution in [1.29, 1.82) is 0 Å². The highest BCUT2D eigenvalue weighted by Gasteiger charge is 2.33. The van der Waals surface area contributed by atoms with Crippen LogP contribution in [0.5, 0.6) is 0 Å². The van der Waals surface area contributed by atoms with Crippen molar-refractivity contribution in [2.24, 2.45) is 0 Å². The lowest BCUT2D eigenvalue weighted by molar-refractivity contribution is 0.599. The second-order valence-corrected chi connectivity index (χ2v) is 6.60. The second-order valence-electron chi connectivity index (χ2n) is 5.30. The molecule has 3 rings (SSSR count). The van der Waals surface area contributed by atoms with Gasteiger partial charge in [-0.3, -0.25) is 0 Å². The van der Waals surface area contributed by atoms with E-state index in [1.165, 1.54) is 18.2 Å². The minimum absolute atomic E-state index is 0.318. The number of hydrogen-bond acceptors (Lipinski definition) is 0. The summed E-state index contributed by atoms with van der Waals surface area (Å²) >= 11 is 5.98. The van der Waals surface area contributed by atoms with Crippen LogP contribution in [0.2, 0.25) is 5.02 Å². The van der Waals surface area contributed by atoms with Gasteiger partial charge in [-0.2, -0.15) is 0 Å². The molecule has 23 heavy (non-hydrogen) atoms. The molecule has 0 nitrogen and oxygen atoms in total. The van der Waals surface area contributed by atoms with Crippen LogP contribution in [0.25, 0.3) is 0 Å². The summed E-state index contributed by atoms with van der Waals surface area (Å²) in [6.07, 6.45) is 0. The lowest BCUT2D eigenvalue weighted by atomic mass is 9.83. The van der Waals surface area contributed by atoms with Crippen LogP contribution in [-0.2, 0) is 5.16 Å². The summed E-state index contributed by atoms with van der Waals surface area (Å²) in [6, 6.07) is 19.9. The van der Waals surface area contributed by atoms with E-state index in [1.54, 1.807) is 42.5 Å². The van der Waals surface area contributed by atoms with Crippen molar-refractivity contribution in [2.45, 2.75) is 5.16 Å². The molecule has 0 saturated carbocycles. The van der Waals surface area contributed by atoms with E-state index in [9.17, 15) is 8.78 Å². The maximum atomic E-state index is 14.5. The minimum Gasteiger partial charge on any atom is -0.207 e. The van der Waals surface area contributed by atoms with Crippen molar-refractivity contribution in [2.75, 3.05) is 0 Å². The first-order chi connectivity index (χ1) is 11.0. The Kier molecular flexibility index (Phi) is 4.48. The van der Waals surface area contributed by atoms with Crippen LogP contribution in [0, 0.1) is 11.6 Å². The number of benzene rings is 3. The van der Waals surface area contributed by atoms with Gasteiger partial charge in [0.05, 0.1) is 5.16 Å². The van der Waals surface area contributed by atoms with Gasteiger partial charge in [0.25, 0.3) is 0 Å². The lowest BCUT2D eigenvalue weighted by Gasteiger charge is -2.32. The molecule has 0 aliphatic rings. The molecule has 0 radical (unpaired) electrons. The summed E-state index contributed by atoms with van der Waals surface area (Å²) in [5, 5.41) is -0.224. The van der Waals surface area contributed by atoms with Gasteiger partial charge in [0, 0.05) is 10.6 Å². The van der Waals surface area contributed by atoms with Gasteiger partial charge in [-0.05, 0) is 41.5 Å². The van der Waals surface area contributed by atoms with E-state index in [0.717, 1.165) is 11.1 Å². The quantitative estimate of drug-likeness (QED) is 0.416. The monoisotopic (exact) mass is 346 g/mol. The van der Waals surface area contributed by atoms with Gasteiger partial charge in [-0.1, -0.05) is 54.1 Å². The Labute approximate surface area is 141 Å². The van der Waals surface area contributed by atoms with Crippen molar-refractivity contribution < 1.29 is 8.78 Å². The maximum absolute atomic E-state index is 14.5. The van der Waals surface area contributed by atoms with Crippen molar-refractivity contribution in [3.05, 3.63) is 106 Å². The molecular weight excluding hydrogens is 333 g/mol. The SMILES string of the molecule is Fc1ccc(C(P)(c2ccc(Cl)cc2)c2ccccc2F)cc1. The molecule has 2 atom stereocenters. The zero-order chi connectivity index (χ0) is 16.4. The third kappa shape index (κ3) is 3.02. The molecule has 4 heteroatoms. The molecule has 0 spiro atoms. The number of rotatable bonds is 3. The van der Waals surface area contributed by atoms with E-state index in [0.29, 0.717) is 10.6 Å². The maximum Gasteiger partial charge on any atom is 0.127 e. The van der Waals surface area contributed by atoms with Gasteiger partial charge in [0.2, 0.25) is 0 Å². The Morgan fingerprint density at radius 3 is 1.83 bits per heavy atom. The molecule has 116 valence electrons. The van der Waals surface area contributed by atoms with E-state index in [1.807, 2.05) is 12.1 Å². The van der Waals surface area contributed by atoms with Crippen LogP contribution in [-0.4, -0.2) is 0 Å². The van der Waals surface area contributed by atoms with Crippen molar-refractivity contribution in [1.82, 2.24) is 0 Å². The van der Waals surface area contributed by atoms with Crippen molar-refractivity contribution in [3.8, 4) is 0 Å². The normalized spacial score (nSPS) is 13.6. The van der Waals surface area contributed by atoms with Gasteiger partial charge >= 0.3 is 0 Å². The van der Waals surface area contributed by atoms with E-state index in [4.69, 9.17) is 11.6 Å². The minimum atomic E-state index is -0.830. The van der Waals surface area contributed by atoms with Crippen LogP contribution in [0.3, 0.4) is 0 Å². The van der Waals surface area contributed by atoms with Crippen molar-refractivity contribution in [3.63, 3.8) is 0 Å². The highest BCUT2D eigenvalue weighted by atomic mass is 35.5. The van der Waals surface area contributed by atoms with Crippen LogP contribution in [0.4, 0.5) is 8.78 Å². The Hall–Kier alpha value is -1.76. The lowest BCUT2D eigenvalue weighted by Crippen LogP contribution is -2.23. The van der Waals surface area contributed by atoms with Crippen molar-refractivity contribution >= 4 is 20.8 Å². The van der Waals surface area contributed by atoms with E-state index in [2.05, 4.69) is 9.24 Å². The molecule has 0 aliphatic heterocycles. The van der Waals surface area contributed by atoms with Gasteiger partial charge in [-0.25, -0.2) is 8.78 Å². The third-order valence-corrected chi connectivity index (χ3v) is 5.13. The zero-order valence-corrected chi connectivity index (χ0v) is 14.1. The van der Waals surface area contributed by atoms with Gasteiger partial charge in [0.1, 0.15) is 11.6 Å². The smallest absolute Gasteiger partial charge is 0.127 e. The topological polar surface area (TPSA) is 0 Å². The number of halogens is 3. The molecule has 0 amide bonds. The first-order valence-corrected chi connectivity index (χ1v) is 8.03. The molecule has 3 aromatic rings. The Morgan fingerprint density at radius 1 is 0.739 bits per heavy atom. The Balaban J connectivity index is 2.27. The summed E-state index contributed by atoms with van der Waals surface area (Å²) in [5.74, 6) is -0.646. The Bertz CT molecular complexity index is 768. The van der Waals surface area contributed by atoms with Gasteiger partial charge < -0.3 is 0 Å². The molecule has 0 saturated heterocycles. The van der Waals surface area contributed by atoms with E-state index in [-0.39, 0.29) is 11.6 Å². The second kappa shape index (κ2) is 6.39. The molecule has 0 aromatic heterocycles. The fourth-order valence-electron chi connectivity index (χ4n) is 2.68. The summed E-state index contributed by atoms with van der Waals surface area (Å²) in [7, 11) is 2.72. The van der Waals surface area contributed by atoms with Crippen LogP contribution in [0.1, 0.15) is 16.7 Å². The molecule has 0 fully saturated rings. The average Bonchev–Trinajstić information content (AvgIpc) is 2.56. The number of hydrogen-bond donors (Lipinski definition) is 0. The van der Waals surface area contributed by atoms with Crippen LogP contribution in [0.15, 0.2) is 72.8 Å². The molecule has 0 bridgehead atoms. The highest BCUT2D eigenvalue weighted by molar-refractivity contribution is 7.19. The zero-order valence-electron chi connectivity index (χ0n) is 12.1. The first kappa shape index (κ1) is 16.1. The Morgan fingerprint density at radius 2 is 1.26 bits per heavy atom. The molecule has 0 heterocycles. The molecule has 0 aliphatic carbocycles. The first-order valence-electron chi connectivity index (χ1n) is 7.08. The van der Waals surface area contributed by atoms with Crippen LogP contribution >= 0.6 is 20.8 Å². The van der Waals surface area contributed by atoms with E-state index < -0.39 is 5.16 Å². The molecular formula is C19H14ClF2P. The molecule has 0 N–H and O–H groups in total.